The lowest BCUT2D eigenvalue weighted by molar-refractivity contribution is -0.135. The standard InChI is InChI=1S/C19H25N5O2/c1-4-24-14(2)16(10-21-24)11-22(3)19(26)15-9-18(25)23(12-15)13-17-7-5-6-8-20-17/h5-8,10,15H,4,9,11-13H2,1-3H3/t15-/m0/s1. The average molecular weight is 355 g/mol. The Hall–Kier alpha value is -2.70. The van der Waals surface area contributed by atoms with Crippen molar-refractivity contribution >= 4 is 11.8 Å². The van der Waals surface area contributed by atoms with E-state index in [2.05, 4.69) is 10.1 Å². The molecule has 138 valence electrons. The second kappa shape index (κ2) is 7.68. The molecule has 0 unspecified atom stereocenters. The third-order valence-electron chi connectivity index (χ3n) is 4.93. The molecule has 2 amide bonds. The smallest absolute Gasteiger partial charge is 0.228 e. The molecule has 26 heavy (non-hydrogen) atoms. The van der Waals surface area contributed by atoms with E-state index in [1.807, 2.05) is 42.9 Å². The maximum atomic E-state index is 12.8. The topological polar surface area (TPSA) is 71.3 Å². The minimum absolute atomic E-state index is 0.00511. The summed E-state index contributed by atoms with van der Waals surface area (Å²) in [7, 11) is 1.79. The molecule has 1 saturated heterocycles. The van der Waals surface area contributed by atoms with E-state index in [4.69, 9.17) is 0 Å². The average Bonchev–Trinajstić information content (AvgIpc) is 3.18. The fraction of sp³-hybridized carbons (Fsp3) is 0.474. The van der Waals surface area contributed by atoms with Crippen LogP contribution in [0.25, 0.3) is 0 Å². The van der Waals surface area contributed by atoms with Crippen LogP contribution in [0.5, 0.6) is 0 Å². The molecule has 1 atom stereocenters. The van der Waals surface area contributed by atoms with E-state index in [-0.39, 0.29) is 24.2 Å². The largest absolute Gasteiger partial charge is 0.341 e. The van der Waals surface area contributed by atoms with Crippen molar-refractivity contribution in [1.82, 2.24) is 24.6 Å². The Morgan fingerprint density at radius 3 is 2.85 bits per heavy atom. The summed E-state index contributed by atoms with van der Waals surface area (Å²) in [5.41, 5.74) is 2.95. The molecule has 1 aliphatic rings. The van der Waals surface area contributed by atoms with Gasteiger partial charge in [0.2, 0.25) is 11.8 Å². The van der Waals surface area contributed by atoms with Crippen LogP contribution in [-0.4, -0.2) is 50.0 Å². The van der Waals surface area contributed by atoms with Crippen molar-refractivity contribution < 1.29 is 9.59 Å². The molecule has 2 aromatic heterocycles. The number of likely N-dealkylation sites (tertiary alicyclic amines) is 1. The van der Waals surface area contributed by atoms with Gasteiger partial charge in [0.25, 0.3) is 0 Å². The normalized spacial score (nSPS) is 17.0. The number of nitrogens with zero attached hydrogens (tertiary/aromatic N) is 5. The van der Waals surface area contributed by atoms with Crippen LogP contribution >= 0.6 is 0 Å². The van der Waals surface area contributed by atoms with Crippen LogP contribution in [0.3, 0.4) is 0 Å². The number of carbonyl (C=O) groups is 2. The molecule has 1 fully saturated rings. The molecule has 3 rings (SSSR count). The Kier molecular flexibility index (Phi) is 5.35. The Morgan fingerprint density at radius 1 is 1.38 bits per heavy atom. The van der Waals surface area contributed by atoms with E-state index in [1.165, 1.54) is 0 Å². The van der Waals surface area contributed by atoms with Crippen molar-refractivity contribution in [3.63, 3.8) is 0 Å². The van der Waals surface area contributed by atoms with E-state index < -0.39 is 0 Å². The highest BCUT2D eigenvalue weighted by atomic mass is 16.2. The number of aryl methyl sites for hydroxylation is 1. The number of rotatable bonds is 6. The molecule has 2 aromatic rings. The first-order valence-electron chi connectivity index (χ1n) is 8.93. The monoisotopic (exact) mass is 355 g/mol. The fourth-order valence-corrected chi connectivity index (χ4v) is 3.38. The molecule has 3 heterocycles. The van der Waals surface area contributed by atoms with Crippen molar-refractivity contribution in [2.24, 2.45) is 5.92 Å². The Balaban J connectivity index is 1.61. The van der Waals surface area contributed by atoms with Gasteiger partial charge >= 0.3 is 0 Å². The van der Waals surface area contributed by atoms with Crippen LogP contribution < -0.4 is 0 Å². The Bertz CT molecular complexity index is 786. The minimum Gasteiger partial charge on any atom is -0.341 e. The molecule has 0 bridgehead atoms. The first-order chi connectivity index (χ1) is 12.5. The van der Waals surface area contributed by atoms with Crippen molar-refractivity contribution in [1.29, 1.82) is 0 Å². The van der Waals surface area contributed by atoms with Gasteiger partial charge < -0.3 is 9.80 Å². The number of carbonyl (C=O) groups excluding carboxylic acids is 2. The van der Waals surface area contributed by atoms with Crippen LogP contribution in [0, 0.1) is 12.8 Å². The molecule has 0 radical (unpaired) electrons. The summed E-state index contributed by atoms with van der Waals surface area (Å²) in [4.78, 5) is 32.8. The predicted octanol–water partition coefficient (Wildman–Crippen LogP) is 1.61. The summed E-state index contributed by atoms with van der Waals surface area (Å²) < 4.78 is 1.92. The summed E-state index contributed by atoms with van der Waals surface area (Å²) in [6.45, 7) is 6.27. The van der Waals surface area contributed by atoms with E-state index in [1.54, 1.807) is 23.0 Å². The van der Waals surface area contributed by atoms with E-state index >= 15 is 0 Å². The van der Waals surface area contributed by atoms with Gasteiger partial charge in [-0.25, -0.2) is 0 Å². The van der Waals surface area contributed by atoms with Crippen molar-refractivity contribution in [3.8, 4) is 0 Å². The first kappa shape index (κ1) is 18.1. The highest BCUT2D eigenvalue weighted by molar-refractivity contribution is 5.89. The zero-order chi connectivity index (χ0) is 18.7. The second-order valence-corrected chi connectivity index (χ2v) is 6.76. The fourth-order valence-electron chi connectivity index (χ4n) is 3.38. The van der Waals surface area contributed by atoms with Gasteiger partial charge in [-0.1, -0.05) is 6.07 Å². The van der Waals surface area contributed by atoms with Gasteiger partial charge in [-0.3, -0.25) is 19.3 Å². The van der Waals surface area contributed by atoms with Crippen LogP contribution in [0.1, 0.15) is 30.3 Å². The van der Waals surface area contributed by atoms with E-state index in [0.717, 1.165) is 23.5 Å². The molecular weight excluding hydrogens is 330 g/mol. The van der Waals surface area contributed by atoms with Crippen LogP contribution in [0.4, 0.5) is 0 Å². The number of aromatic nitrogens is 3. The summed E-state index contributed by atoms with van der Waals surface area (Å²) in [6.07, 6.45) is 3.80. The lowest BCUT2D eigenvalue weighted by atomic mass is 10.1. The summed E-state index contributed by atoms with van der Waals surface area (Å²) in [5, 5.41) is 4.32. The van der Waals surface area contributed by atoms with Crippen LogP contribution in [0.2, 0.25) is 0 Å². The lowest BCUT2D eigenvalue weighted by Crippen LogP contribution is -2.34. The molecule has 0 saturated carbocycles. The van der Waals surface area contributed by atoms with E-state index in [9.17, 15) is 9.59 Å². The molecule has 0 N–H and O–H groups in total. The SMILES string of the molecule is CCn1ncc(CN(C)C(=O)[C@H]2CC(=O)N(Cc3ccccn3)C2)c1C. The predicted molar refractivity (Wildman–Crippen MR) is 96.9 cm³/mol. The zero-order valence-electron chi connectivity index (χ0n) is 15.6. The number of hydrogen-bond acceptors (Lipinski definition) is 4. The molecule has 7 nitrogen and oxygen atoms in total. The Morgan fingerprint density at radius 2 is 2.19 bits per heavy atom. The zero-order valence-corrected chi connectivity index (χ0v) is 15.6. The molecule has 0 aromatic carbocycles. The number of amides is 2. The Labute approximate surface area is 153 Å². The molecule has 0 aliphatic carbocycles. The molecular formula is C19H25N5O2. The maximum Gasteiger partial charge on any atom is 0.228 e. The summed E-state index contributed by atoms with van der Waals surface area (Å²) >= 11 is 0. The van der Waals surface area contributed by atoms with E-state index in [0.29, 0.717) is 19.6 Å². The highest BCUT2D eigenvalue weighted by Gasteiger charge is 2.35. The highest BCUT2D eigenvalue weighted by Crippen LogP contribution is 2.22. The quantitative estimate of drug-likeness (QED) is 0.789. The third kappa shape index (κ3) is 3.76. The molecule has 7 heteroatoms. The minimum atomic E-state index is -0.294. The molecule has 0 spiro atoms. The van der Waals surface area contributed by atoms with Gasteiger partial charge in [-0.05, 0) is 26.0 Å². The van der Waals surface area contributed by atoms with Crippen LogP contribution in [-0.2, 0) is 29.2 Å². The van der Waals surface area contributed by atoms with Crippen molar-refractivity contribution in [3.05, 3.63) is 47.5 Å². The third-order valence-corrected chi connectivity index (χ3v) is 4.93. The lowest BCUT2D eigenvalue weighted by Gasteiger charge is -2.21. The first-order valence-corrected chi connectivity index (χ1v) is 8.93. The molecule has 1 aliphatic heterocycles. The van der Waals surface area contributed by atoms with Gasteiger partial charge in [0.15, 0.2) is 0 Å². The number of pyridine rings is 1. The van der Waals surface area contributed by atoms with Crippen molar-refractivity contribution in [2.75, 3.05) is 13.6 Å². The summed E-state index contributed by atoms with van der Waals surface area (Å²) in [6, 6.07) is 5.64. The van der Waals surface area contributed by atoms with Crippen molar-refractivity contribution in [2.45, 2.75) is 39.9 Å². The number of hydrogen-bond donors (Lipinski definition) is 0. The second-order valence-electron chi connectivity index (χ2n) is 6.76. The van der Waals surface area contributed by atoms with Crippen LogP contribution in [0.15, 0.2) is 30.6 Å². The van der Waals surface area contributed by atoms with Gasteiger partial charge in [0.1, 0.15) is 0 Å². The van der Waals surface area contributed by atoms with Gasteiger partial charge in [0.05, 0.1) is 24.4 Å². The maximum absolute atomic E-state index is 12.8. The van der Waals surface area contributed by atoms with Gasteiger partial charge in [-0.15, -0.1) is 0 Å². The van der Waals surface area contributed by atoms with Gasteiger partial charge in [0, 0.05) is 50.6 Å². The van der Waals surface area contributed by atoms with Gasteiger partial charge in [-0.2, -0.15) is 5.10 Å². The summed E-state index contributed by atoms with van der Waals surface area (Å²) in [5.74, 6) is -0.277.